The first-order chi connectivity index (χ1) is 30.2. The van der Waals surface area contributed by atoms with E-state index in [0.29, 0.717) is 50.0 Å². The molecule has 0 aliphatic heterocycles. The zero-order chi connectivity index (χ0) is 45.7. The van der Waals surface area contributed by atoms with Gasteiger partial charge in [-0.25, -0.2) is 9.97 Å². The Morgan fingerprint density at radius 3 is 2.00 bits per heavy atom. The monoisotopic (exact) mass is 887 g/mol. The molecule has 63 heavy (non-hydrogen) atoms. The molecule has 4 atom stereocenters. The van der Waals surface area contributed by atoms with Gasteiger partial charge in [0, 0.05) is 38.3 Å². The number of amides is 4. The Hall–Kier alpha value is -6.41. The lowest BCUT2D eigenvalue weighted by molar-refractivity contribution is -0.133. The third-order valence-corrected chi connectivity index (χ3v) is 10.9. The molecule has 2 aromatic heterocycles. The number of nitrogens with two attached hydrogens (primary N) is 4. The van der Waals surface area contributed by atoms with E-state index in [1.54, 1.807) is 23.2 Å². The fourth-order valence-corrected chi connectivity index (χ4v) is 7.52. The minimum atomic E-state index is -1.24. The first-order valence-corrected chi connectivity index (χ1v) is 21.8. The summed E-state index contributed by atoms with van der Waals surface area (Å²) in [5.74, 6) is -2.69. The third-order valence-electron chi connectivity index (χ3n) is 9.82. The van der Waals surface area contributed by atoms with E-state index in [2.05, 4.69) is 41.2 Å². The number of hydrogen-bond acceptors (Lipinski definition) is 11. The lowest BCUT2D eigenvalue weighted by atomic mass is 10.0. The summed E-state index contributed by atoms with van der Waals surface area (Å²) in [6.45, 7) is 6.26. The van der Waals surface area contributed by atoms with Gasteiger partial charge < -0.3 is 53.5 Å². The van der Waals surface area contributed by atoms with Gasteiger partial charge in [0.1, 0.15) is 24.9 Å². The van der Waals surface area contributed by atoms with Crippen LogP contribution in [0.1, 0.15) is 86.8 Å². The van der Waals surface area contributed by atoms with Crippen LogP contribution in [0.15, 0.2) is 77.1 Å². The SMILES string of the molecule is CC(=O)N[C@@H](CCCCN=C(N)N)C(=O)N[C@@H](Cc1cncn1COCc1ccccc1)C(=O)N[C@@H](CCC(C)C)C(=O)N[C@@H](CCCN=C(N)N)C(=O)c1nc2ccccc2s1. The second kappa shape index (κ2) is 25.5. The van der Waals surface area contributed by atoms with E-state index in [1.165, 1.54) is 18.3 Å². The molecule has 0 aliphatic rings. The summed E-state index contributed by atoms with van der Waals surface area (Å²) in [5.41, 5.74) is 24.1. The van der Waals surface area contributed by atoms with E-state index in [0.717, 1.165) is 10.3 Å². The smallest absolute Gasteiger partial charge is 0.243 e. The van der Waals surface area contributed by atoms with Crippen molar-refractivity contribution in [2.45, 2.75) is 110 Å². The van der Waals surface area contributed by atoms with Crippen LogP contribution in [0.3, 0.4) is 0 Å². The maximum absolute atomic E-state index is 14.5. The molecule has 4 aromatic rings. The molecule has 0 fully saturated rings. The fourth-order valence-electron chi connectivity index (χ4n) is 6.56. The number of aromatic nitrogens is 3. The van der Waals surface area contributed by atoms with E-state index < -0.39 is 53.6 Å². The molecule has 0 radical (unpaired) electrons. The van der Waals surface area contributed by atoms with Crippen LogP contribution in [0.5, 0.6) is 0 Å². The minimum absolute atomic E-state index is 0.0500. The zero-order valence-corrected chi connectivity index (χ0v) is 36.9. The van der Waals surface area contributed by atoms with E-state index in [9.17, 15) is 24.0 Å². The summed E-state index contributed by atoms with van der Waals surface area (Å²) >= 11 is 1.22. The second-order valence-electron chi connectivity index (χ2n) is 15.5. The highest BCUT2D eigenvalue weighted by molar-refractivity contribution is 7.20. The van der Waals surface area contributed by atoms with Crippen LogP contribution in [-0.4, -0.2) is 93.1 Å². The number of ether oxygens (including phenoxy) is 1. The number of nitrogens with one attached hydrogen (secondary N) is 4. The number of carbonyl (C=O) groups excluding carboxylic acids is 5. The summed E-state index contributed by atoms with van der Waals surface area (Å²) in [6.07, 6.45) is 5.65. The van der Waals surface area contributed by atoms with Crippen molar-refractivity contribution in [2.75, 3.05) is 13.1 Å². The number of Topliss-reactive ketones (excluding diaryl/α,β-unsaturated/α-hetero) is 1. The van der Waals surface area contributed by atoms with Gasteiger partial charge in [-0.05, 0) is 68.6 Å². The topological polar surface area (TPSA) is 302 Å². The van der Waals surface area contributed by atoms with Crippen molar-refractivity contribution < 1.29 is 28.7 Å². The van der Waals surface area contributed by atoms with Crippen molar-refractivity contribution in [3.63, 3.8) is 0 Å². The number of thiazole rings is 1. The molecule has 0 unspecified atom stereocenters. The predicted octanol–water partition coefficient (Wildman–Crippen LogP) is 1.99. The summed E-state index contributed by atoms with van der Waals surface area (Å²) in [6, 6.07) is 12.6. The zero-order valence-electron chi connectivity index (χ0n) is 36.1. The van der Waals surface area contributed by atoms with Gasteiger partial charge in [0.2, 0.25) is 29.4 Å². The number of ketones is 1. The molecular formula is C43H61N13O6S. The van der Waals surface area contributed by atoms with Crippen molar-refractivity contribution in [2.24, 2.45) is 38.8 Å². The number of aliphatic imine (C=N–C) groups is 2. The quantitative estimate of drug-likeness (QED) is 0.0185. The Labute approximate surface area is 371 Å². The van der Waals surface area contributed by atoms with Crippen LogP contribution < -0.4 is 44.2 Å². The highest BCUT2D eigenvalue weighted by Gasteiger charge is 2.33. The number of benzene rings is 2. The van der Waals surface area contributed by atoms with Gasteiger partial charge in [-0.1, -0.05) is 56.3 Å². The normalized spacial score (nSPS) is 13.0. The molecule has 12 N–H and O–H groups in total. The minimum Gasteiger partial charge on any atom is -0.370 e. The van der Waals surface area contributed by atoms with Crippen LogP contribution in [0.2, 0.25) is 0 Å². The number of nitrogens with zero attached hydrogens (tertiary/aromatic N) is 5. The highest BCUT2D eigenvalue weighted by atomic mass is 32.1. The molecule has 19 nitrogen and oxygen atoms in total. The van der Waals surface area contributed by atoms with Gasteiger partial charge in [0.25, 0.3) is 0 Å². The molecule has 340 valence electrons. The molecule has 20 heteroatoms. The Balaban J connectivity index is 1.60. The maximum Gasteiger partial charge on any atom is 0.243 e. The lowest BCUT2D eigenvalue weighted by Crippen LogP contribution is -2.58. The largest absolute Gasteiger partial charge is 0.370 e. The number of para-hydroxylation sites is 1. The molecule has 0 spiro atoms. The summed E-state index contributed by atoms with van der Waals surface area (Å²) in [4.78, 5) is 85.8. The first-order valence-electron chi connectivity index (χ1n) is 21.0. The Kier molecular flexibility index (Phi) is 19.9. The number of fused-ring (bicyclic) bond motifs is 1. The average Bonchev–Trinajstić information content (AvgIpc) is 3.89. The van der Waals surface area contributed by atoms with Crippen LogP contribution in [-0.2, 0) is 43.7 Å². The molecule has 4 amide bonds. The number of hydrogen-bond donors (Lipinski definition) is 8. The van der Waals surface area contributed by atoms with Gasteiger partial charge in [-0.3, -0.25) is 34.0 Å². The van der Waals surface area contributed by atoms with Crippen LogP contribution in [0.4, 0.5) is 0 Å². The summed E-state index contributed by atoms with van der Waals surface area (Å²) < 4.78 is 8.48. The molecule has 2 aromatic carbocycles. The van der Waals surface area contributed by atoms with Crippen molar-refractivity contribution in [1.29, 1.82) is 0 Å². The molecular weight excluding hydrogens is 827 g/mol. The second-order valence-corrected chi connectivity index (χ2v) is 16.6. The number of imidazole rings is 1. The third kappa shape index (κ3) is 17.1. The number of guanidine groups is 2. The van der Waals surface area contributed by atoms with Gasteiger partial charge >= 0.3 is 0 Å². The molecule has 4 rings (SSSR count). The molecule has 2 heterocycles. The Bertz CT molecular complexity index is 2130. The van der Waals surface area contributed by atoms with Crippen LogP contribution >= 0.6 is 11.3 Å². The van der Waals surface area contributed by atoms with Gasteiger partial charge in [0.15, 0.2) is 16.9 Å². The van der Waals surface area contributed by atoms with Crippen LogP contribution in [0.25, 0.3) is 10.2 Å². The standard InChI is InChI=1S/C43H61N13O6S/c1-27(2)18-19-34(39(60)52-32(16-11-21-50-43(46)47)37(58)41-55-31-14-7-8-17-36(31)63-41)53-40(61)35(54-38(59)33(51-28(3)57)15-9-10-20-49-42(44)45)22-30-23-48-25-56(30)26-62-24-29-12-5-4-6-13-29/h4-8,12-14,17,23,25,27,32-35H,9-11,15-16,18-22,24,26H2,1-3H3,(H,51,57)(H,52,60)(H,53,61)(H,54,59)(H4,44,45,49)(H4,46,47,50)/t32-,33-,34-,35-/m0/s1. The van der Waals surface area contributed by atoms with E-state index in [4.69, 9.17) is 27.7 Å². The maximum atomic E-state index is 14.5. The van der Waals surface area contributed by atoms with E-state index in [1.807, 2.05) is 62.4 Å². The fraction of sp³-hybridized carbons (Fsp3) is 0.465. The van der Waals surface area contributed by atoms with Crippen LogP contribution in [0, 0.1) is 5.92 Å². The van der Waals surface area contributed by atoms with Gasteiger partial charge in [-0.15, -0.1) is 11.3 Å². The van der Waals surface area contributed by atoms with Crippen molar-refractivity contribution in [3.8, 4) is 0 Å². The van der Waals surface area contributed by atoms with Gasteiger partial charge in [0.05, 0.1) is 29.2 Å². The molecule has 0 saturated heterocycles. The van der Waals surface area contributed by atoms with Crippen molar-refractivity contribution in [1.82, 2.24) is 35.8 Å². The summed E-state index contributed by atoms with van der Waals surface area (Å²) in [5, 5.41) is 11.5. The van der Waals surface area contributed by atoms with Gasteiger partial charge in [-0.2, -0.15) is 0 Å². The molecule has 0 aliphatic carbocycles. The first kappa shape index (κ1) is 49.2. The van der Waals surface area contributed by atoms with Crippen molar-refractivity contribution in [3.05, 3.63) is 83.4 Å². The number of rotatable bonds is 27. The Morgan fingerprint density at radius 1 is 0.730 bits per heavy atom. The van der Waals surface area contributed by atoms with E-state index >= 15 is 0 Å². The molecule has 0 saturated carbocycles. The molecule has 0 bridgehead atoms. The van der Waals surface area contributed by atoms with Crippen molar-refractivity contribution >= 4 is 62.9 Å². The summed E-state index contributed by atoms with van der Waals surface area (Å²) in [7, 11) is 0. The van der Waals surface area contributed by atoms with E-state index in [-0.39, 0.29) is 61.8 Å². The predicted molar refractivity (Wildman–Crippen MR) is 243 cm³/mol. The Morgan fingerprint density at radius 2 is 1.33 bits per heavy atom. The number of carbonyl (C=O) groups is 5. The number of unbranched alkanes of at least 4 members (excludes halogenated alkanes) is 1. The lowest BCUT2D eigenvalue weighted by Gasteiger charge is -2.27. The average molecular weight is 888 g/mol. The highest BCUT2D eigenvalue weighted by Crippen LogP contribution is 2.23.